The number of fused-ring (bicyclic) bond motifs is 10. The third-order valence-electron chi connectivity index (χ3n) is 7.97. The molecule has 4 heterocycles. The van der Waals surface area contributed by atoms with Crippen LogP contribution in [0.3, 0.4) is 0 Å². The lowest BCUT2D eigenvalue weighted by Crippen LogP contribution is -2.06. The van der Waals surface area contributed by atoms with Gasteiger partial charge in [-0.05, 0) is 48.4 Å². The summed E-state index contributed by atoms with van der Waals surface area (Å²) in [4.78, 5) is 14.7. The van der Waals surface area contributed by atoms with E-state index in [0.717, 1.165) is 31.5 Å². The van der Waals surface area contributed by atoms with Crippen molar-refractivity contribution in [2.75, 3.05) is 0 Å². The highest BCUT2D eigenvalue weighted by atomic mass is 32.1. The summed E-state index contributed by atoms with van der Waals surface area (Å²) in [6.07, 6.45) is 0. The number of hydrogen-bond acceptors (Lipinski definition) is 5. The van der Waals surface area contributed by atoms with Crippen LogP contribution in [0.1, 0.15) is 13.7 Å². The molecule has 10 aromatic rings. The predicted octanol–water partition coefficient (Wildman–Crippen LogP) is 11.0. The summed E-state index contributed by atoms with van der Waals surface area (Å²) >= 11 is 2.62. The van der Waals surface area contributed by atoms with Gasteiger partial charge < -0.3 is 0 Å². The highest BCUT2D eigenvalue weighted by molar-refractivity contribution is 7.26. The first kappa shape index (κ1) is 17.2. The Morgan fingerprint density at radius 1 is 0.489 bits per heavy atom. The van der Waals surface area contributed by atoms with Crippen molar-refractivity contribution in [1.29, 1.82) is 0 Å². The average Bonchev–Trinajstić information content (AvgIpc) is 3.90. The Morgan fingerprint density at radius 3 is 2.13 bits per heavy atom. The minimum absolute atomic E-state index is 0.00190. The summed E-state index contributed by atoms with van der Waals surface area (Å²) < 4.78 is 92.9. The molecule has 0 aliphatic heterocycles. The summed E-state index contributed by atoms with van der Waals surface area (Å²) in [6.45, 7) is 0. The van der Waals surface area contributed by atoms with Gasteiger partial charge in [0.1, 0.15) is 0 Å². The lowest BCUT2D eigenvalue weighted by atomic mass is 10.1. The van der Waals surface area contributed by atoms with Crippen molar-refractivity contribution >= 4 is 84.8 Å². The zero-order chi connectivity index (χ0) is 38.2. The van der Waals surface area contributed by atoms with E-state index in [1.165, 1.54) is 4.57 Å². The van der Waals surface area contributed by atoms with E-state index >= 15 is 0 Å². The van der Waals surface area contributed by atoms with Crippen LogP contribution in [0.2, 0.25) is 0 Å². The van der Waals surface area contributed by atoms with Gasteiger partial charge in [-0.15, -0.1) is 22.7 Å². The second-order valence-electron chi connectivity index (χ2n) is 10.5. The maximum Gasteiger partial charge on any atom is 0.238 e. The molecule has 4 nitrogen and oxygen atoms in total. The van der Waals surface area contributed by atoms with Gasteiger partial charge in [0.25, 0.3) is 0 Å². The van der Waals surface area contributed by atoms with Crippen molar-refractivity contribution in [3.05, 3.63) is 133 Å². The molecule has 0 spiro atoms. The van der Waals surface area contributed by atoms with Crippen LogP contribution < -0.4 is 0 Å². The monoisotopic (exact) mass is 620 g/mol. The molecule has 0 fully saturated rings. The highest BCUT2D eigenvalue weighted by Crippen LogP contribution is 2.43. The lowest BCUT2D eigenvalue weighted by Gasteiger charge is -2.11. The third-order valence-corrected chi connectivity index (χ3v) is 10.1. The lowest BCUT2D eigenvalue weighted by molar-refractivity contribution is 0.954. The van der Waals surface area contributed by atoms with Crippen molar-refractivity contribution in [2.45, 2.75) is 0 Å². The molecule has 0 unspecified atom stereocenters. The minimum atomic E-state index is -0.528. The predicted molar refractivity (Wildman–Crippen MR) is 191 cm³/mol. The number of nitrogens with zero attached hydrogens (tertiary/aromatic N) is 4. The van der Waals surface area contributed by atoms with Crippen LogP contribution >= 0.6 is 22.7 Å². The van der Waals surface area contributed by atoms with Crippen LogP contribution in [0.25, 0.3) is 90.9 Å². The second kappa shape index (κ2) is 9.53. The van der Waals surface area contributed by atoms with Gasteiger partial charge >= 0.3 is 0 Å². The molecule has 0 atom stereocenters. The summed E-state index contributed by atoms with van der Waals surface area (Å²) in [7, 11) is 0. The van der Waals surface area contributed by atoms with Gasteiger partial charge in [-0.1, -0.05) is 84.8 Å². The Hall–Kier alpha value is -5.43. The number of para-hydroxylation sites is 1. The zero-order valence-corrected chi connectivity index (χ0v) is 24.7. The molecule has 0 aliphatic rings. The fourth-order valence-corrected chi connectivity index (χ4v) is 8.05. The van der Waals surface area contributed by atoms with E-state index in [0.29, 0.717) is 11.1 Å². The maximum absolute atomic E-state index is 9.44. The zero-order valence-electron chi connectivity index (χ0n) is 33.0. The minimum Gasteiger partial charge on any atom is -0.278 e. The largest absolute Gasteiger partial charge is 0.278 e. The molecule has 45 heavy (non-hydrogen) atoms. The number of rotatable bonds is 3. The van der Waals surface area contributed by atoms with E-state index in [-0.39, 0.29) is 83.7 Å². The SMILES string of the molecule is [2H]c1c([2H])c([2H])c2c(sc3c([2H])c([2H])c4c(c5c([2H])c([2H])c([2H])c([2H])c5n4-c4nc(-c5ccccc5)nc(-c5ccc6sc7ccccc7c6c5)n4)c32)c1[2H]. The summed E-state index contributed by atoms with van der Waals surface area (Å²) in [6, 6.07) is 19.2. The molecular formula is C39H22N4S2. The fraction of sp³-hybridized carbons (Fsp3) is 0. The molecule has 0 bridgehead atoms. The van der Waals surface area contributed by atoms with E-state index < -0.39 is 36.3 Å². The van der Waals surface area contributed by atoms with Crippen LogP contribution in [-0.2, 0) is 0 Å². The Morgan fingerprint density at radius 2 is 1.22 bits per heavy atom. The van der Waals surface area contributed by atoms with Crippen LogP contribution in [0.5, 0.6) is 0 Å². The normalized spacial score (nSPS) is 15.1. The Kier molecular flexibility index (Phi) is 3.64. The molecule has 0 saturated heterocycles. The molecule has 6 heteroatoms. The van der Waals surface area contributed by atoms with Crippen LogP contribution in [-0.4, -0.2) is 19.5 Å². The van der Waals surface area contributed by atoms with Crippen LogP contribution in [0, 0.1) is 0 Å². The third kappa shape index (κ3) is 3.73. The maximum atomic E-state index is 9.44. The van der Waals surface area contributed by atoms with Crippen LogP contribution in [0.15, 0.2) is 133 Å². The van der Waals surface area contributed by atoms with E-state index in [9.17, 15) is 5.48 Å². The summed E-state index contributed by atoms with van der Waals surface area (Å²) in [5.41, 5.74) is 1.26. The second-order valence-corrected chi connectivity index (χ2v) is 12.6. The van der Waals surface area contributed by atoms with E-state index in [2.05, 4.69) is 12.1 Å². The quantitative estimate of drug-likeness (QED) is 0.197. The van der Waals surface area contributed by atoms with Gasteiger partial charge in [-0.3, -0.25) is 4.57 Å². The topological polar surface area (TPSA) is 43.6 Å². The molecule has 0 N–H and O–H groups in total. The number of aromatic nitrogens is 4. The first-order valence-corrected chi connectivity index (χ1v) is 15.7. The first-order chi connectivity index (χ1) is 26.5. The summed E-state index contributed by atoms with van der Waals surface area (Å²) in [5.74, 6) is 0.476. The average molecular weight is 621 g/mol. The first-order valence-electron chi connectivity index (χ1n) is 19.1. The van der Waals surface area contributed by atoms with Gasteiger partial charge in [0.15, 0.2) is 11.6 Å². The highest BCUT2D eigenvalue weighted by Gasteiger charge is 2.21. The van der Waals surface area contributed by atoms with Gasteiger partial charge in [0, 0.05) is 62.2 Å². The summed E-state index contributed by atoms with van der Waals surface area (Å²) in [5, 5.41) is 2.55. The molecule has 0 aliphatic carbocycles. The Balaban J connectivity index is 1.40. The van der Waals surface area contributed by atoms with E-state index in [1.807, 2.05) is 60.7 Å². The fourth-order valence-electron chi connectivity index (χ4n) is 6.00. The Bertz CT molecular complexity index is 3340. The molecule has 10 rings (SSSR count). The number of benzene rings is 6. The van der Waals surface area contributed by atoms with Crippen molar-refractivity contribution < 1.29 is 13.7 Å². The molecule has 6 aromatic carbocycles. The van der Waals surface area contributed by atoms with Gasteiger partial charge in [0.2, 0.25) is 5.95 Å². The van der Waals surface area contributed by atoms with Crippen molar-refractivity contribution in [1.82, 2.24) is 19.5 Å². The molecule has 0 saturated carbocycles. The van der Waals surface area contributed by atoms with Crippen molar-refractivity contribution in [3.8, 4) is 28.7 Å². The van der Waals surface area contributed by atoms with E-state index in [1.54, 1.807) is 11.3 Å². The standard InChI is InChI=1S/C39H22N4S2/c1-2-10-23(11-3-1)37-40-38(24-18-20-33-28(22-24)25-12-5-8-16-31(25)44-33)42-39(41-37)43-29-15-7-4-13-26(29)35-30(43)19-21-34-36(35)27-14-6-9-17-32(27)45-34/h1-22H/i4D,6D,7D,9D,13D,14D,15D,17D,19D,21D. The molecule has 0 amide bonds. The smallest absolute Gasteiger partial charge is 0.238 e. The molecule has 4 aromatic heterocycles. The van der Waals surface area contributed by atoms with Crippen molar-refractivity contribution in [3.63, 3.8) is 0 Å². The van der Waals surface area contributed by atoms with Gasteiger partial charge in [-0.25, -0.2) is 4.98 Å². The molecule has 210 valence electrons. The molecular weight excluding hydrogens is 589 g/mol. The van der Waals surface area contributed by atoms with Crippen LogP contribution in [0.4, 0.5) is 0 Å². The number of thiophene rings is 2. The van der Waals surface area contributed by atoms with Crippen molar-refractivity contribution in [2.24, 2.45) is 0 Å². The van der Waals surface area contributed by atoms with Gasteiger partial charge in [0.05, 0.1) is 24.7 Å². The molecule has 0 radical (unpaired) electrons. The Labute approximate surface area is 279 Å². The van der Waals surface area contributed by atoms with E-state index in [4.69, 9.17) is 23.2 Å². The number of hydrogen-bond donors (Lipinski definition) is 0. The van der Waals surface area contributed by atoms with Gasteiger partial charge in [-0.2, -0.15) is 9.97 Å².